The van der Waals surface area contributed by atoms with E-state index in [1.54, 1.807) is 12.1 Å². The third kappa shape index (κ3) is 3.76. The normalized spacial score (nSPS) is 13.7. The molecule has 0 saturated heterocycles. The molecule has 0 unspecified atom stereocenters. The van der Waals surface area contributed by atoms with Gasteiger partial charge in [0.05, 0.1) is 12.2 Å². The van der Waals surface area contributed by atoms with Gasteiger partial charge in [-0.05, 0) is 32.9 Å². The van der Waals surface area contributed by atoms with Gasteiger partial charge in [0.15, 0.2) is 0 Å². The number of carbonyl (C=O) groups excluding carboxylic acids is 1. The lowest BCUT2D eigenvalue weighted by Gasteiger charge is -2.30. The highest BCUT2D eigenvalue weighted by atomic mass is 16.5. The van der Waals surface area contributed by atoms with Crippen molar-refractivity contribution in [2.75, 3.05) is 6.54 Å². The minimum atomic E-state index is -0.992. The number of rotatable bonds is 4. The van der Waals surface area contributed by atoms with Crippen LogP contribution in [0.15, 0.2) is 18.2 Å². The van der Waals surface area contributed by atoms with Gasteiger partial charge in [-0.2, -0.15) is 5.06 Å². The molecule has 1 aromatic heterocycles. The van der Waals surface area contributed by atoms with E-state index in [2.05, 4.69) is 4.98 Å². The van der Waals surface area contributed by atoms with Crippen LogP contribution in [-0.2, 0) is 0 Å². The van der Waals surface area contributed by atoms with Crippen LogP contribution in [-0.4, -0.2) is 38.4 Å². The Morgan fingerprint density at radius 3 is 2.61 bits per heavy atom. The Morgan fingerprint density at radius 2 is 2.11 bits per heavy atom. The van der Waals surface area contributed by atoms with Crippen LogP contribution >= 0.6 is 0 Å². The molecular formula is C12H19N3O3. The molecule has 0 fully saturated rings. The van der Waals surface area contributed by atoms with E-state index in [0.717, 1.165) is 5.06 Å². The Bertz CT molecular complexity index is 429. The van der Waals surface area contributed by atoms with Crippen molar-refractivity contribution >= 4 is 5.91 Å². The molecule has 1 amide bonds. The fraction of sp³-hybridized carbons (Fsp3) is 0.500. The molecule has 6 heteroatoms. The van der Waals surface area contributed by atoms with Crippen molar-refractivity contribution in [2.45, 2.75) is 32.4 Å². The van der Waals surface area contributed by atoms with Crippen molar-refractivity contribution in [1.82, 2.24) is 10.0 Å². The predicted molar refractivity (Wildman–Crippen MR) is 66.0 cm³/mol. The summed E-state index contributed by atoms with van der Waals surface area (Å²) in [4.78, 5) is 14.9. The fourth-order valence-corrected chi connectivity index (χ4v) is 1.31. The molecule has 0 spiro atoms. The maximum absolute atomic E-state index is 11.0. The summed E-state index contributed by atoms with van der Waals surface area (Å²) in [6.07, 6.45) is -0.992. The highest BCUT2D eigenvalue weighted by molar-refractivity contribution is 5.90. The van der Waals surface area contributed by atoms with E-state index in [-0.39, 0.29) is 12.2 Å². The summed E-state index contributed by atoms with van der Waals surface area (Å²) in [6.45, 7) is 5.44. The van der Waals surface area contributed by atoms with Gasteiger partial charge in [0.2, 0.25) is 0 Å². The Hall–Kier alpha value is -1.50. The molecule has 0 saturated carbocycles. The number of aromatic nitrogens is 1. The first-order valence-corrected chi connectivity index (χ1v) is 5.63. The van der Waals surface area contributed by atoms with Crippen LogP contribution in [0.25, 0.3) is 0 Å². The number of primary amides is 1. The maximum atomic E-state index is 11.0. The molecule has 0 aromatic carbocycles. The largest absolute Gasteiger partial charge is 0.385 e. The lowest BCUT2D eigenvalue weighted by Crippen LogP contribution is -2.41. The van der Waals surface area contributed by atoms with Crippen LogP contribution < -0.4 is 5.73 Å². The molecule has 0 aliphatic rings. The minimum Gasteiger partial charge on any atom is -0.385 e. The van der Waals surface area contributed by atoms with Gasteiger partial charge in [-0.15, -0.1) is 0 Å². The molecule has 6 nitrogen and oxygen atoms in total. The molecule has 0 aliphatic heterocycles. The second-order valence-electron chi connectivity index (χ2n) is 5.08. The van der Waals surface area contributed by atoms with Crippen LogP contribution in [0.2, 0.25) is 0 Å². The van der Waals surface area contributed by atoms with Crippen molar-refractivity contribution in [2.24, 2.45) is 5.73 Å². The first-order valence-electron chi connectivity index (χ1n) is 5.63. The molecule has 100 valence electrons. The Labute approximate surface area is 106 Å². The van der Waals surface area contributed by atoms with Gasteiger partial charge in [-0.25, -0.2) is 4.98 Å². The van der Waals surface area contributed by atoms with Gasteiger partial charge < -0.3 is 16.0 Å². The number of hydrogen-bond donors (Lipinski definition) is 3. The summed E-state index contributed by atoms with van der Waals surface area (Å²) < 4.78 is 0. The number of amides is 1. The molecule has 1 atom stereocenters. The average Bonchev–Trinajstić information content (AvgIpc) is 2.27. The van der Waals surface area contributed by atoms with Crippen molar-refractivity contribution in [3.8, 4) is 0 Å². The monoisotopic (exact) mass is 253 g/mol. The number of hydrogen-bond acceptors (Lipinski definition) is 5. The summed E-state index contributed by atoms with van der Waals surface area (Å²) in [5, 5.41) is 20.7. The van der Waals surface area contributed by atoms with E-state index in [4.69, 9.17) is 5.73 Å². The topological polar surface area (TPSA) is 99.7 Å². The van der Waals surface area contributed by atoms with Crippen molar-refractivity contribution in [1.29, 1.82) is 0 Å². The van der Waals surface area contributed by atoms with E-state index in [1.807, 2.05) is 20.8 Å². The standard InChI is InChI=1S/C12H19N3O3/c1-12(2,3)15(18)7-10(16)8-5-4-6-9(14-8)11(13)17/h4-6,10,16,18H,7H2,1-3H3,(H2,13,17)/t10-/m0/s1. The van der Waals surface area contributed by atoms with Gasteiger partial charge in [-0.1, -0.05) is 6.07 Å². The number of hydroxylamine groups is 2. The van der Waals surface area contributed by atoms with Crippen LogP contribution in [0.4, 0.5) is 0 Å². The van der Waals surface area contributed by atoms with Crippen molar-refractivity contribution in [3.05, 3.63) is 29.6 Å². The van der Waals surface area contributed by atoms with Gasteiger partial charge in [0, 0.05) is 5.54 Å². The average molecular weight is 253 g/mol. The molecule has 0 radical (unpaired) electrons. The smallest absolute Gasteiger partial charge is 0.267 e. The summed E-state index contributed by atoms with van der Waals surface area (Å²) >= 11 is 0. The molecule has 1 rings (SSSR count). The Balaban J connectivity index is 2.81. The number of carbonyl (C=O) groups is 1. The van der Waals surface area contributed by atoms with Gasteiger partial charge in [-0.3, -0.25) is 4.79 Å². The molecular weight excluding hydrogens is 234 g/mol. The number of aliphatic hydroxyl groups excluding tert-OH is 1. The number of pyridine rings is 1. The molecule has 4 N–H and O–H groups in total. The molecule has 18 heavy (non-hydrogen) atoms. The van der Waals surface area contributed by atoms with E-state index >= 15 is 0 Å². The quantitative estimate of drug-likeness (QED) is 0.686. The van der Waals surface area contributed by atoms with Gasteiger partial charge in [0.25, 0.3) is 5.91 Å². The van der Waals surface area contributed by atoms with Gasteiger partial charge in [0.1, 0.15) is 11.8 Å². The number of aliphatic hydroxyl groups is 1. The first-order chi connectivity index (χ1) is 8.21. The summed E-state index contributed by atoms with van der Waals surface area (Å²) in [6, 6.07) is 4.64. The Kier molecular flexibility index (Phi) is 4.39. The number of β-amino-alcohol motifs (C(OH)–C–C–N with tert-alkyl or cyclic N) is 1. The molecule has 1 heterocycles. The van der Waals surface area contributed by atoms with Gasteiger partial charge >= 0.3 is 0 Å². The number of nitrogens with two attached hydrogens (primary N) is 1. The zero-order valence-corrected chi connectivity index (χ0v) is 10.8. The molecule has 1 aromatic rings. The summed E-state index contributed by atoms with van der Waals surface area (Å²) in [5.41, 5.74) is 5.02. The van der Waals surface area contributed by atoms with Crippen molar-refractivity contribution in [3.63, 3.8) is 0 Å². The highest BCUT2D eigenvalue weighted by Crippen LogP contribution is 2.17. The third-order valence-electron chi connectivity index (χ3n) is 2.48. The lowest BCUT2D eigenvalue weighted by atomic mass is 10.1. The van der Waals surface area contributed by atoms with Crippen LogP contribution in [0.1, 0.15) is 43.1 Å². The van der Waals surface area contributed by atoms with Crippen LogP contribution in [0.3, 0.4) is 0 Å². The lowest BCUT2D eigenvalue weighted by molar-refractivity contribution is -0.172. The minimum absolute atomic E-state index is 0.00127. The summed E-state index contributed by atoms with van der Waals surface area (Å²) in [5.74, 6) is -0.652. The maximum Gasteiger partial charge on any atom is 0.267 e. The summed E-state index contributed by atoms with van der Waals surface area (Å²) in [7, 11) is 0. The molecule has 0 bridgehead atoms. The highest BCUT2D eigenvalue weighted by Gasteiger charge is 2.23. The predicted octanol–water partition coefficient (Wildman–Crippen LogP) is 0.704. The van der Waals surface area contributed by atoms with E-state index in [0.29, 0.717) is 5.69 Å². The number of nitrogens with zero attached hydrogens (tertiary/aromatic N) is 2. The first kappa shape index (κ1) is 14.6. The van der Waals surface area contributed by atoms with Crippen LogP contribution in [0, 0.1) is 0 Å². The zero-order chi connectivity index (χ0) is 13.9. The Morgan fingerprint density at radius 1 is 1.50 bits per heavy atom. The zero-order valence-electron chi connectivity index (χ0n) is 10.8. The van der Waals surface area contributed by atoms with E-state index < -0.39 is 17.6 Å². The second-order valence-corrected chi connectivity index (χ2v) is 5.08. The third-order valence-corrected chi connectivity index (χ3v) is 2.48. The van der Waals surface area contributed by atoms with Crippen LogP contribution in [0.5, 0.6) is 0 Å². The molecule has 0 aliphatic carbocycles. The second kappa shape index (κ2) is 5.43. The SMILES string of the molecule is CC(C)(C)N(O)C[C@H](O)c1cccc(C(N)=O)n1. The van der Waals surface area contributed by atoms with E-state index in [9.17, 15) is 15.1 Å². The van der Waals surface area contributed by atoms with E-state index in [1.165, 1.54) is 6.07 Å². The fourth-order valence-electron chi connectivity index (χ4n) is 1.31. The van der Waals surface area contributed by atoms with Crippen molar-refractivity contribution < 1.29 is 15.1 Å².